The van der Waals surface area contributed by atoms with Gasteiger partial charge in [0.1, 0.15) is 5.82 Å². The fourth-order valence-electron chi connectivity index (χ4n) is 1.99. The second-order valence-electron chi connectivity index (χ2n) is 5.20. The first kappa shape index (κ1) is 18.3. The highest BCUT2D eigenvalue weighted by Crippen LogP contribution is 2.14. The molecule has 0 aliphatic heterocycles. The third kappa shape index (κ3) is 5.49. The summed E-state index contributed by atoms with van der Waals surface area (Å²) in [6.45, 7) is 2.47. The first-order valence-electron chi connectivity index (χ1n) is 7.65. The van der Waals surface area contributed by atoms with Crippen molar-refractivity contribution in [1.82, 2.24) is 4.98 Å². The number of amides is 1. The Bertz CT molecular complexity index is 801. The van der Waals surface area contributed by atoms with Crippen molar-refractivity contribution in [1.29, 1.82) is 0 Å². The molecule has 0 fully saturated rings. The van der Waals surface area contributed by atoms with E-state index >= 15 is 0 Å². The van der Waals surface area contributed by atoms with Gasteiger partial charge in [0, 0.05) is 19.0 Å². The third-order valence-electron chi connectivity index (χ3n) is 3.26. The quantitative estimate of drug-likeness (QED) is 0.625. The SMILES string of the molecule is CCN=CC=C(N)C(=O)Nc1ccc(Cc2ccc(F)c(F)c2)cn1. The van der Waals surface area contributed by atoms with Crippen LogP contribution in [0.5, 0.6) is 0 Å². The van der Waals surface area contributed by atoms with Crippen molar-refractivity contribution in [2.45, 2.75) is 13.3 Å². The molecule has 0 aliphatic carbocycles. The summed E-state index contributed by atoms with van der Waals surface area (Å²) >= 11 is 0. The smallest absolute Gasteiger partial charge is 0.272 e. The lowest BCUT2D eigenvalue weighted by molar-refractivity contribution is -0.112. The molecule has 0 saturated carbocycles. The Labute approximate surface area is 144 Å². The van der Waals surface area contributed by atoms with E-state index in [0.717, 1.165) is 17.7 Å². The third-order valence-corrected chi connectivity index (χ3v) is 3.26. The molecule has 7 heteroatoms. The molecule has 0 atom stereocenters. The molecule has 0 bridgehead atoms. The van der Waals surface area contributed by atoms with E-state index in [1.54, 1.807) is 18.3 Å². The highest BCUT2D eigenvalue weighted by molar-refractivity contribution is 6.04. The molecule has 130 valence electrons. The van der Waals surface area contributed by atoms with Crippen molar-refractivity contribution in [3.63, 3.8) is 0 Å². The number of halogens is 2. The number of aromatic nitrogens is 1. The summed E-state index contributed by atoms with van der Waals surface area (Å²) in [6, 6.07) is 7.10. The molecule has 0 spiro atoms. The van der Waals surface area contributed by atoms with Crippen LogP contribution >= 0.6 is 0 Å². The van der Waals surface area contributed by atoms with Crippen LogP contribution in [0.4, 0.5) is 14.6 Å². The molecular weight excluding hydrogens is 326 g/mol. The molecule has 0 saturated heterocycles. The van der Waals surface area contributed by atoms with Crippen molar-refractivity contribution in [2.75, 3.05) is 11.9 Å². The summed E-state index contributed by atoms with van der Waals surface area (Å²) in [6.07, 6.45) is 4.83. The van der Waals surface area contributed by atoms with Crippen LogP contribution in [0, 0.1) is 11.6 Å². The van der Waals surface area contributed by atoms with Gasteiger partial charge in [0.2, 0.25) is 0 Å². The number of nitrogens with one attached hydrogen (secondary N) is 1. The summed E-state index contributed by atoms with van der Waals surface area (Å²) in [5, 5.41) is 2.56. The number of benzene rings is 1. The zero-order valence-electron chi connectivity index (χ0n) is 13.7. The van der Waals surface area contributed by atoms with E-state index in [1.165, 1.54) is 18.4 Å². The van der Waals surface area contributed by atoms with Crippen LogP contribution in [-0.4, -0.2) is 23.7 Å². The minimum atomic E-state index is -0.886. The van der Waals surface area contributed by atoms with Crippen LogP contribution in [0.1, 0.15) is 18.1 Å². The summed E-state index contributed by atoms with van der Waals surface area (Å²) in [7, 11) is 0. The predicted molar refractivity (Wildman–Crippen MR) is 93.3 cm³/mol. The minimum Gasteiger partial charge on any atom is -0.394 e. The number of carbonyl (C=O) groups excluding carboxylic acids is 1. The van der Waals surface area contributed by atoms with Crippen LogP contribution in [0.3, 0.4) is 0 Å². The van der Waals surface area contributed by atoms with Gasteiger partial charge in [0.15, 0.2) is 11.6 Å². The highest BCUT2D eigenvalue weighted by Gasteiger charge is 2.07. The van der Waals surface area contributed by atoms with E-state index in [-0.39, 0.29) is 5.70 Å². The molecule has 25 heavy (non-hydrogen) atoms. The van der Waals surface area contributed by atoms with Gasteiger partial charge in [-0.15, -0.1) is 0 Å². The van der Waals surface area contributed by atoms with E-state index in [1.807, 2.05) is 6.92 Å². The molecule has 3 N–H and O–H groups in total. The van der Waals surface area contributed by atoms with Gasteiger partial charge in [0.25, 0.3) is 5.91 Å². The number of rotatable bonds is 6. The van der Waals surface area contributed by atoms with Crippen molar-refractivity contribution in [2.24, 2.45) is 10.7 Å². The number of aliphatic imine (C=N–C) groups is 1. The second kappa shape index (κ2) is 8.68. The highest BCUT2D eigenvalue weighted by atomic mass is 19.2. The predicted octanol–water partition coefficient (Wildman–Crippen LogP) is 2.82. The van der Waals surface area contributed by atoms with Crippen molar-refractivity contribution < 1.29 is 13.6 Å². The second-order valence-corrected chi connectivity index (χ2v) is 5.20. The molecule has 1 heterocycles. The van der Waals surface area contributed by atoms with Crippen LogP contribution in [0.2, 0.25) is 0 Å². The maximum absolute atomic E-state index is 13.2. The van der Waals surface area contributed by atoms with Crippen molar-refractivity contribution in [3.05, 3.63) is 71.1 Å². The van der Waals surface area contributed by atoms with Crippen LogP contribution in [-0.2, 0) is 11.2 Å². The minimum absolute atomic E-state index is 0.0184. The monoisotopic (exact) mass is 344 g/mol. The van der Waals surface area contributed by atoms with Gasteiger partial charge in [-0.2, -0.15) is 0 Å². The lowest BCUT2D eigenvalue weighted by Gasteiger charge is -2.06. The number of hydrogen-bond donors (Lipinski definition) is 2. The molecule has 0 unspecified atom stereocenters. The molecule has 2 rings (SSSR count). The van der Waals surface area contributed by atoms with Gasteiger partial charge >= 0.3 is 0 Å². The van der Waals surface area contributed by atoms with E-state index < -0.39 is 17.5 Å². The standard InChI is InChI=1S/C18H18F2N4O/c1-2-22-8-7-16(21)18(25)24-17-6-4-13(11-23-17)9-12-3-5-14(19)15(20)10-12/h3-8,10-11H,2,9,21H2,1H3,(H,23,24,25). The largest absolute Gasteiger partial charge is 0.394 e. The van der Waals surface area contributed by atoms with Gasteiger partial charge < -0.3 is 11.1 Å². The summed E-state index contributed by atoms with van der Waals surface area (Å²) in [5.41, 5.74) is 7.07. The number of nitrogens with two attached hydrogens (primary N) is 1. The molecule has 5 nitrogen and oxygen atoms in total. The Kier molecular flexibility index (Phi) is 6.33. The summed E-state index contributed by atoms with van der Waals surface area (Å²) < 4.78 is 26.1. The van der Waals surface area contributed by atoms with Crippen molar-refractivity contribution in [3.8, 4) is 0 Å². The van der Waals surface area contributed by atoms with Gasteiger partial charge in [-0.1, -0.05) is 12.1 Å². The molecular formula is C18H18F2N4O. The molecule has 1 aromatic carbocycles. The molecule has 2 aromatic rings. The topological polar surface area (TPSA) is 80.4 Å². The Hall–Kier alpha value is -3.09. The Balaban J connectivity index is 1.99. The number of allylic oxidation sites excluding steroid dienone is 1. The number of anilines is 1. The number of carbonyl (C=O) groups is 1. The lowest BCUT2D eigenvalue weighted by Crippen LogP contribution is -2.20. The Morgan fingerprint density at radius 1 is 1.24 bits per heavy atom. The maximum atomic E-state index is 13.2. The number of hydrogen-bond acceptors (Lipinski definition) is 4. The van der Waals surface area contributed by atoms with E-state index in [0.29, 0.717) is 24.3 Å². The summed E-state index contributed by atoms with van der Waals surface area (Å²) in [5.74, 6) is -1.91. The van der Waals surface area contributed by atoms with Crippen LogP contribution < -0.4 is 11.1 Å². The van der Waals surface area contributed by atoms with Gasteiger partial charge in [0.05, 0.1) is 5.70 Å². The first-order chi connectivity index (χ1) is 12.0. The first-order valence-corrected chi connectivity index (χ1v) is 7.65. The molecule has 0 radical (unpaired) electrons. The molecule has 1 amide bonds. The van der Waals surface area contributed by atoms with Gasteiger partial charge in [-0.3, -0.25) is 9.79 Å². The van der Waals surface area contributed by atoms with E-state index in [9.17, 15) is 13.6 Å². The Morgan fingerprint density at radius 3 is 2.64 bits per heavy atom. The van der Waals surface area contributed by atoms with Gasteiger partial charge in [-0.05, 0) is 48.7 Å². The van der Waals surface area contributed by atoms with Gasteiger partial charge in [-0.25, -0.2) is 13.8 Å². The molecule has 0 aliphatic rings. The zero-order valence-corrected chi connectivity index (χ0v) is 13.7. The average molecular weight is 344 g/mol. The number of nitrogens with zero attached hydrogens (tertiary/aromatic N) is 2. The van der Waals surface area contributed by atoms with E-state index in [4.69, 9.17) is 5.73 Å². The fourth-order valence-corrected chi connectivity index (χ4v) is 1.99. The van der Waals surface area contributed by atoms with Crippen LogP contribution in [0.15, 0.2) is 53.3 Å². The number of pyridine rings is 1. The fraction of sp³-hybridized carbons (Fsp3) is 0.167. The lowest BCUT2D eigenvalue weighted by atomic mass is 10.1. The average Bonchev–Trinajstić information content (AvgIpc) is 2.60. The van der Waals surface area contributed by atoms with Crippen LogP contribution in [0.25, 0.3) is 0 Å². The normalized spacial score (nSPS) is 11.7. The maximum Gasteiger partial charge on any atom is 0.272 e. The molecule has 1 aromatic heterocycles. The Morgan fingerprint density at radius 2 is 2.00 bits per heavy atom. The zero-order chi connectivity index (χ0) is 18.2. The van der Waals surface area contributed by atoms with E-state index in [2.05, 4.69) is 15.3 Å². The van der Waals surface area contributed by atoms with Crippen molar-refractivity contribution >= 4 is 17.9 Å². The summed E-state index contributed by atoms with van der Waals surface area (Å²) in [4.78, 5) is 19.9.